The molecule has 1 atom stereocenters. The summed E-state index contributed by atoms with van der Waals surface area (Å²) in [7, 11) is -3.56. The van der Waals surface area contributed by atoms with E-state index < -0.39 is 16.1 Å². The van der Waals surface area contributed by atoms with Gasteiger partial charge >= 0.3 is 0 Å². The number of carbonyl (C=O) groups is 2. The summed E-state index contributed by atoms with van der Waals surface area (Å²) in [5, 5.41) is 3.84. The molecule has 0 spiro atoms. The normalized spacial score (nSPS) is 14.6. The van der Waals surface area contributed by atoms with Crippen molar-refractivity contribution in [1.29, 1.82) is 0 Å². The molecule has 3 aromatic carbocycles. The molecule has 9 heteroatoms. The smallest absolute Gasteiger partial charge is 0.243 e. The zero-order valence-electron chi connectivity index (χ0n) is 25.0. The number of rotatable bonds is 13. The molecule has 43 heavy (non-hydrogen) atoms. The first kappa shape index (κ1) is 32.6. The lowest BCUT2D eigenvalue weighted by Crippen LogP contribution is -2.52. The molecule has 1 saturated carbocycles. The minimum absolute atomic E-state index is 0.0907. The fourth-order valence-electron chi connectivity index (χ4n) is 5.67. The average molecular weight is 624 g/mol. The van der Waals surface area contributed by atoms with Gasteiger partial charge in [-0.05, 0) is 67.1 Å². The highest BCUT2D eigenvalue weighted by molar-refractivity contribution is 7.92. The van der Waals surface area contributed by atoms with Crippen LogP contribution in [0.3, 0.4) is 0 Å². The Kier molecular flexibility index (Phi) is 11.7. The van der Waals surface area contributed by atoms with Crippen molar-refractivity contribution < 1.29 is 18.0 Å². The van der Waals surface area contributed by atoms with E-state index in [2.05, 4.69) is 5.32 Å². The van der Waals surface area contributed by atoms with Crippen molar-refractivity contribution in [1.82, 2.24) is 10.2 Å². The number of benzene rings is 3. The lowest BCUT2D eigenvalue weighted by Gasteiger charge is -2.34. The van der Waals surface area contributed by atoms with Crippen LogP contribution in [0.2, 0.25) is 5.02 Å². The maximum Gasteiger partial charge on any atom is 0.243 e. The molecule has 1 aliphatic carbocycles. The summed E-state index contributed by atoms with van der Waals surface area (Å²) in [6.45, 7) is 2.30. The molecular formula is C34H42ClN3O4S. The summed E-state index contributed by atoms with van der Waals surface area (Å²) in [6.07, 6.45) is 7.16. The largest absolute Gasteiger partial charge is 0.352 e. The third kappa shape index (κ3) is 9.83. The molecule has 1 unspecified atom stereocenters. The molecule has 0 aliphatic heterocycles. The highest BCUT2D eigenvalue weighted by Gasteiger charge is 2.32. The van der Waals surface area contributed by atoms with Crippen molar-refractivity contribution in [3.63, 3.8) is 0 Å². The van der Waals surface area contributed by atoms with Gasteiger partial charge in [-0.25, -0.2) is 8.42 Å². The Morgan fingerprint density at radius 3 is 2.28 bits per heavy atom. The minimum atomic E-state index is -3.56. The Balaban J connectivity index is 1.58. The van der Waals surface area contributed by atoms with Crippen molar-refractivity contribution in [2.75, 3.05) is 17.1 Å². The first-order valence-corrected chi connectivity index (χ1v) is 17.3. The van der Waals surface area contributed by atoms with E-state index in [1.165, 1.54) is 17.0 Å². The van der Waals surface area contributed by atoms with Gasteiger partial charge in [0.2, 0.25) is 21.8 Å². The fourth-order valence-corrected chi connectivity index (χ4v) is 6.76. The zero-order valence-corrected chi connectivity index (χ0v) is 26.6. The van der Waals surface area contributed by atoms with Crippen LogP contribution in [-0.2, 0) is 32.6 Å². The van der Waals surface area contributed by atoms with E-state index in [-0.39, 0.29) is 37.4 Å². The SMILES string of the molecule is Cc1cccc(N(CCCC(=O)N(Cc2ccc(Cl)cc2)C(Cc2ccccc2)C(=O)NC2CCCCC2)S(C)(=O)=O)c1. The fraction of sp³-hybridized carbons (Fsp3) is 0.412. The van der Waals surface area contributed by atoms with Gasteiger partial charge < -0.3 is 10.2 Å². The Morgan fingerprint density at radius 2 is 1.63 bits per heavy atom. The van der Waals surface area contributed by atoms with E-state index in [0.29, 0.717) is 23.6 Å². The first-order chi connectivity index (χ1) is 20.6. The Labute approximate surface area is 261 Å². The van der Waals surface area contributed by atoms with Gasteiger partial charge in [-0.15, -0.1) is 0 Å². The summed E-state index contributed by atoms with van der Waals surface area (Å²) >= 11 is 6.14. The molecule has 1 aliphatic rings. The van der Waals surface area contributed by atoms with Crippen LogP contribution in [0.25, 0.3) is 0 Å². The average Bonchev–Trinajstić information content (AvgIpc) is 2.98. The third-order valence-corrected chi connectivity index (χ3v) is 9.38. The molecule has 0 aromatic heterocycles. The van der Waals surface area contributed by atoms with Gasteiger partial charge in [-0.3, -0.25) is 13.9 Å². The Bertz CT molecular complexity index is 1460. The third-order valence-electron chi connectivity index (χ3n) is 7.93. The molecule has 0 radical (unpaired) electrons. The minimum Gasteiger partial charge on any atom is -0.352 e. The van der Waals surface area contributed by atoms with Crippen molar-refractivity contribution >= 4 is 39.1 Å². The van der Waals surface area contributed by atoms with Crippen LogP contribution in [0.15, 0.2) is 78.9 Å². The van der Waals surface area contributed by atoms with Crippen molar-refractivity contribution in [3.05, 3.63) is 101 Å². The van der Waals surface area contributed by atoms with Crippen LogP contribution in [0.5, 0.6) is 0 Å². The summed E-state index contributed by atoms with van der Waals surface area (Å²) in [4.78, 5) is 29.6. The quantitative estimate of drug-likeness (QED) is 0.243. The van der Waals surface area contributed by atoms with Gasteiger partial charge in [0.05, 0.1) is 11.9 Å². The van der Waals surface area contributed by atoms with Crippen LogP contribution in [-0.4, -0.2) is 50.0 Å². The molecule has 7 nitrogen and oxygen atoms in total. The molecule has 1 fully saturated rings. The second kappa shape index (κ2) is 15.4. The number of halogens is 1. The van der Waals surface area contributed by atoms with Crippen LogP contribution in [0.1, 0.15) is 61.6 Å². The predicted molar refractivity (Wildman–Crippen MR) is 174 cm³/mol. The summed E-state index contributed by atoms with van der Waals surface area (Å²) in [5.74, 6) is -0.358. The number of hydrogen-bond donors (Lipinski definition) is 1. The number of sulfonamides is 1. The van der Waals surface area contributed by atoms with E-state index in [0.717, 1.165) is 42.4 Å². The van der Waals surface area contributed by atoms with E-state index in [1.54, 1.807) is 23.1 Å². The standard InChI is InChI=1S/C34H42ClN3O4S/c1-26-11-9-16-31(23-26)38(43(2,41)42)22-10-17-33(39)37(25-28-18-20-29(35)21-19-28)32(24-27-12-5-3-6-13-27)34(40)36-30-14-7-4-8-15-30/h3,5-6,9,11-13,16,18-21,23,30,32H,4,7-8,10,14-15,17,22,24-25H2,1-2H3,(H,36,40). The van der Waals surface area contributed by atoms with Gasteiger partial charge in [-0.1, -0.05) is 85.5 Å². The summed E-state index contributed by atoms with van der Waals surface area (Å²) in [5.41, 5.74) is 3.34. The molecule has 0 heterocycles. The highest BCUT2D eigenvalue weighted by atomic mass is 35.5. The van der Waals surface area contributed by atoms with Crippen LogP contribution in [0.4, 0.5) is 5.69 Å². The molecule has 0 bridgehead atoms. The lowest BCUT2D eigenvalue weighted by atomic mass is 9.94. The number of anilines is 1. The van der Waals surface area contributed by atoms with Crippen LogP contribution >= 0.6 is 11.6 Å². The zero-order chi connectivity index (χ0) is 30.8. The maximum atomic E-state index is 14.0. The Morgan fingerprint density at radius 1 is 0.930 bits per heavy atom. The number of amides is 2. The topological polar surface area (TPSA) is 86.8 Å². The van der Waals surface area contributed by atoms with Gasteiger partial charge in [0.25, 0.3) is 0 Å². The van der Waals surface area contributed by atoms with Gasteiger partial charge in [0.1, 0.15) is 6.04 Å². The number of carbonyl (C=O) groups excluding carboxylic acids is 2. The van der Waals surface area contributed by atoms with Gasteiger partial charge in [0, 0.05) is 37.0 Å². The highest BCUT2D eigenvalue weighted by Crippen LogP contribution is 2.23. The van der Waals surface area contributed by atoms with E-state index >= 15 is 0 Å². The van der Waals surface area contributed by atoms with E-state index in [1.807, 2.05) is 67.6 Å². The second-order valence-electron chi connectivity index (χ2n) is 11.5. The maximum absolute atomic E-state index is 14.0. The second-order valence-corrected chi connectivity index (χ2v) is 13.8. The van der Waals surface area contributed by atoms with Crippen molar-refractivity contribution in [3.8, 4) is 0 Å². The van der Waals surface area contributed by atoms with Crippen molar-refractivity contribution in [2.24, 2.45) is 0 Å². The molecule has 1 N–H and O–H groups in total. The van der Waals surface area contributed by atoms with Crippen LogP contribution in [0, 0.1) is 6.92 Å². The van der Waals surface area contributed by atoms with E-state index in [4.69, 9.17) is 11.6 Å². The Hall–Kier alpha value is -3.36. The predicted octanol–water partition coefficient (Wildman–Crippen LogP) is 6.28. The molecule has 3 aromatic rings. The van der Waals surface area contributed by atoms with Crippen LogP contribution < -0.4 is 9.62 Å². The first-order valence-electron chi connectivity index (χ1n) is 15.0. The van der Waals surface area contributed by atoms with Gasteiger partial charge in [0.15, 0.2) is 0 Å². The molecule has 4 rings (SSSR count). The van der Waals surface area contributed by atoms with Crippen molar-refractivity contribution in [2.45, 2.75) is 76.9 Å². The molecule has 0 saturated heterocycles. The lowest BCUT2D eigenvalue weighted by molar-refractivity contribution is -0.141. The monoisotopic (exact) mass is 623 g/mol. The number of hydrogen-bond acceptors (Lipinski definition) is 4. The molecule has 230 valence electrons. The summed E-state index contributed by atoms with van der Waals surface area (Å²) < 4.78 is 26.7. The van der Waals surface area contributed by atoms with E-state index in [9.17, 15) is 18.0 Å². The molecule has 2 amide bonds. The van der Waals surface area contributed by atoms with Gasteiger partial charge in [-0.2, -0.15) is 0 Å². The molecular weight excluding hydrogens is 582 g/mol. The summed E-state index contributed by atoms with van der Waals surface area (Å²) in [6, 6.07) is 23.7. The number of nitrogens with zero attached hydrogens (tertiary/aromatic N) is 2. The number of nitrogens with one attached hydrogen (secondary N) is 1. The number of aryl methyl sites for hydroxylation is 1.